The lowest BCUT2D eigenvalue weighted by molar-refractivity contribution is 0.262. The van der Waals surface area contributed by atoms with Crippen molar-refractivity contribution in [2.75, 3.05) is 6.54 Å². The molecule has 0 spiro atoms. The lowest BCUT2D eigenvalue weighted by Crippen LogP contribution is -2.25. The molecule has 120 valence electrons. The van der Waals surface area contributed by atoms with Crippen molar-refractivity contribution in [2.24, 2.45) is 7.05 Å². The number of nitrogens with zero attached hydrogens (tertiary/aromatic N) is 3. The van der Waals surface area contributed by atoms with Crippen LogP contribution in [0.2, 0.25) is 0 Å². The molecule has 0 N–H and O–H groups in total. The molecular weight excluding hydrogens is 302 g/mol. The molecule has 0 fully saturated rings. The normalized spacial score (nSPS) is 11.3. The Hall–Kier alpha value is -1.91. The van der Waals surface area contributed by atoms with E-state index in [0.29, 0.717) is 0 Å². The van der Waals surface area contributed by atoms with Crippen molar-refractivity contribution >= 4 is 11.3 Å². The summed E-state index contributed by atoms with van der Waals surface area (Å²) in [5.74, 6) is 0. The zero-order valence-electron chi connectivity index (χ0n) is 13.8. The fourth-order valence-corrected chi connectivity index (χ4v) is 3.56. The van der Waals surface area contributed by atoms with E-state index >= 15 is 0 Å². The SMILES string of the molecule is Cc1nn(C)cc1CN(CCc1ccccc1)Cc1cccs1. The van der Waals surface area contributed by atoms with E-state index in [9.17, 15) is 0 Å². The van der Waals surface area contributed by atoms with Crippen molar-refractivity contribution in [1.82, 2.24) is 14.7 Å². The molecule has 0 aliphatic carbocycles. The third kappa shape index (κ3) is 4.53. The Bertz CT molecular complexity index is 716. The van der Waals surface area contributed by atoms with Gasteiger partial charge in [0, 0.05) is 43.3 Å². The van der Waals surface area contributed by atoms with Gasteiger partial charge in [-0.15, -0.1) is 11.3 Å². The highest BCUT2D eigenvalue weighted by Crippen LogP contribution is 2.16. The van der Waals surface area contributed by atoms with E-state index in [1.807, 2.05) is 23.1 Å². The molecule has 0 aliphatic heterocycles. The van der Waals surface area contributed by atoms with Crippen LogP contribution in [-0.2, 0) is 26.6 Å². The van der Waals surface area contributed by atoms with Crippen molar-refractivity contribution in [3.63, 3.8) is 0 Å². The van der Waals surface area contributed by atoms with Gasteiger partial charge in [-0.3, -0.25) is 9.58 Å². The molecule has 1 aromatic carbocycles. The molecule has 0 aliphatic rings. The van der Waals surface area contributed by atoms with Crippen molar-refractivity contribution in [3.8, 4) is 0 Å². The Morgan fingerprint density at radius 2 is 1.91 bits per heavy atom. The summed E-state index contributed by atoms with van der Waals surface area (Å²) >= 11 is 1.83. The van der Waals surface area contributed by atoms with Crippen LogP contribution in [0.15, 0.2) is 54.0 Å². The van der Waals surface area contributed by atoms with Gasteiger partial charge in [0.15, 0.2) is 0 Å². The molecule has 3 aromatic rings. The first-order chi connectivity index (χ1) is 11.2. The minimum absolute atomic E-state index is 0.949. The number of rotatable bonds is 7. The summed E-state index contributed by atoms with van der Waals surface area (Å²) in [6.07, 6.45) is 3.21. The molecule has 3 rings (SSSR count). The minimum atomic E-state index is 0.949. The van der Waals surface area contributed by atoms with E-state index in [0.717, 1.165) is 31.7 Å². The van der Waals surface area contributed by atoms with Gasteiger partial charge < -0.3 is 0 Å². The smallest absolute Gasteiger partial charge is 0.0638 e. The number of hydrogen-bond acceptors (Lipinski definition) is 3. The fourth-order valence-electron chi connectivity index (χ4n) is 2.81. The summed E-state index contributed by atoms with van der Waals surface area (Å²) in [6, 6.07) is 15.1. The molecule has 23 heavy (non-hydrogen) atoms. The van der Waals surface area contributed by atoms with Crippen molar-refractivity contribution < 1.29 is 0 Å². The Morgan fingerprint density at radius 1 is 1.09 bits per heavy atom. The van der Waals surface area contributed by atoms with E-state index in [1.54, 1.807) is 0 Å². The van der Waals surface area contributed by atoms with E-state index in [4.69, 9.17) is 0 Å². The van der Waals surface area contributed by atoms with Crippen molar-refractivity contribution in [1.29, 1.82) is 0 Å². The molecule has 0 atom stereocenters. The van der Waals surface area contributed by atoms with Crippen LogP contribution < -0.4 is 0 Å². The van der Waals surface area contributed by atoms with Crippen LogP contribution >= 0.6 is 11.3 Å². The summed E-state index contributed by atoms with van der Waals surface area (Å²) in [4.78, 5) is 3.93. The third-order valence-corrected chi connectivity index (χ3v) is 4.89. The summed E-state index contributed by atoms with van der Waals surface area (Å²) in [5.41, 5.74) is 3.84. The van der Waals surface area contributed by atoms with Gasteiger partial charge >= 0.3 is 0 Å². The second kappa shape index (κ2) is 7.57. The second-order valence-electron chi connectivity index (χ2n) is 5.94. The van der Waals surface area contributed by atoms with Crippen LogP contribution in [0.3, 0.4) is 0 Å². The molecule has 0 radical (unpaired) electrons. The van der Waals surface area contributed by atoms with Crippen LogP contribution in [0, 0.1) is 6.92 Å². The summed E-state index contributed by atoms with van der Waals surface area (Å²) in [5, 5.41) is 6.62. The number of aryl methyl sites for hydroxylation is 2. The standard InChI is InChI=1S/C19H23N3S/c1-16-18(13-21(2)20-16)14-22(15-19-9-6-12-23-19)11-10-17-7-4-3-5-8-17/h3-9,12-13H,10-11,14-15H2,1-2H3. The highest BCUT2D eigenvalue weighted by atomic mass is 32.1. The zero-order valence-corrected chi connectivity index (χ0v) is 14.6. The van der Waals surface area contributed by atoms with Crippen molar-refractivity contribution in [3.05, 3.63) is 75.7 Å². The van der Waals surface area contributed by atoms with Gasteiger partial charge in [-0.2, -0.15) is 5.10 Å². The lowest BCUT2D eigenvalue weighted by Gasteiger charge is -2.21. The predicted molar refractivity (Wildman–Crippen MR) is 96.5 cm³/mol. The molecule has 0 unspecified atom stereocenters. The van der Waals surface area contributed by atoms with Crippen LogP contribution in [0.5, 0.6) is 0 Å². The highest BCUT2D eigenvalue weighted by Gasteiger charge is 2.11. The van der Waals surface area contributed by atoms with Crippen LogP contribution in [0.25, 0.3) is 0 Å². The molecule has 0 bridgehead atoms. The second-order valence-corrected chi connectivity index (χ2v) is 6.97. The first-order valence-electron chi connectivity index (χ1n) is 7.98. The Morgan fingerprint density at radius 3 is 2.57 bits per heavy atom. The maximum Gasteiger partial charge on any atom is 0.0638 e. The molecule has 2 heterocycles. The van der Waals surface area contributed by atoms with E-state index in [-0.39, 0.29) is 0 Å². The molecule has 0 amide bonds. The molecule has 0 saturated carbocycles. The Labute approximate surface area is 142 Å². The maximum atomic E-state index is 4.47. The van der Waals surface area contributed by atoms with E-state index in [2.05, 4.69) is 71.0 Å². The minimum Gasteiger partial charge on any atom is -0.294 e. The molecule has 3 nitrogen and oxygen atoms in total. The quantitative estimate of drug-likeness (QED) is 0.654. The highest BCUT2D eigenvalue weighted by molar-refractivity contribution is 7.09. The van der Waals surface area contributed by atoms with Gasteiger partial charge in [-0.05, 0) is 30.4 Å². The first-order valence-corrected chi connectivity index (χ1v) is 8.86. The van der Waals surface area contributed by atoms with Gasteiger partial charge in [0.1, 0.15) is 0 Å². The Kier molecular flexibility index (Phi) is 5.26. The summed E-state index contributed by atoms with van der Waals surface area (Å²) in [6.45, 7) is 5.09. The average Bonchev–Trinajstić information content (AvgIpc) is 3.16. The van der Waals surface area contributed by atoms with Crippen LogP contribution in [0.4, 0.5) is 0 Å². The van der Waals surface area contributed by atoms with Gasteiger partial charge in [-0.25, -0.2) is 0 Å². The van der Waals surface area contributed by atoms with Gasteiger partial charge in [-0.1, -0.05) is 36.4 Å². The number of aromatic nitrogens is 2. The maximum absolute atomic E-state index is 4.47. The van der Waals surface area contributed by atoms with Crippen LogP contribution in [0.1, 0.15) is 21.7 Å². The molecule has 2 aromatic heterocycles. The summed E-state index contributed by atoms with van der Waals surface area (Å²) < 4.78 is 1.91. The molecular formula is C19H23N3S. The third-order valence-electron chi connectivity index (χ3n) is 4.03. The van der Waals surface area contributed by atoms with Gasteiger partial charge in [0.05, 0.1) is 5.69 Å². The fraction of sp³-hybridized carbons (Fsp3) is 0.316. The van der Waals surface area contributed by atoms with Gasteiger partial charge in [0.25, 0.3) is 0 Å². The number of hydrogen-bond donors (Lipinski definition) is 0. The number of thiophene rings is 1. The van der Waals surface area contributed by atoms with Crippen molar-refractivity contribution in [2.45, 2.75) is 26.4 Å². The predicted octanol–water partition coefficient (Wildman–Crippen LogP) is 4.03. The topological polar surface area (TPSA) is 21.1 Å². The summed E-state index contributed by atoms with van der Waals surface area (Å²) in [7, 11) is 1.99. The number of benzene rings is 1. The average molecular weight is 325 g/mol. The van der Waals surface area contributed by atoms with Crippen LogP contribution in [-0.4, -0.2) is 21.2 Å². The lowest BCUT2D eigenvalue weighted by atomic mass is 10.1. The van der Waals surface area contributed by atoms with Gasteiger partial charge in [0.2, 0.25) is 0 Å². The first kappa shape index (κ1) is 16.0. The van der Waals surface area contributed by atoms with E-state index in [1.165, 1.54) is 16.0 Å². The van der Waals surface area contributed by atoms with E-state index < -0.39 is 0 Å². The Balaban J connectivity index is 1.69. The molecule has 4 heteroatoms. The largest absolute Gasteiger partial charge is 0.294 e. The zero-order chi connectivity index (χ0) is 16.1. The molecule has 0 saturated heterocycles. The monoisotopic (exact) mass is 325 g/mol.